The molecule has 1 aliphatic rings. The van der Waals surface area contributed by atoms with Gasteiger partial charge in [-0.2, -0.15) is 4.98 Å². The molecule has 2 heterocycles. The Morgan fingerprint density at radius 3 is 2.65 bits per heavy atom. The lowest BCUT2D eigenvalue weighted by Crippen LogP contribution is -2.49. The summed E-state index contributed by atoms with van der Waals surface area (Å²) >= 11 is 0. The first-order valence-corrected chi connectivity index (χ1v) is 10.2. The van der Waals surface area contributed by atoms with E-state index in [0.29, 0.717) is 54.8 Å². The van der Waals surface area contributed by atoms with Gasteiger partial charge in [0.25, 0.3) is 5.91 Å². The van der Waals surface area contributed by atoms with Gasteiger partial charge in [-0.1, -0.05) is 11.2 Å². The number of hydrogen-bond acceptors (Lipinski definition) is 6. The molecule has 1 fully saturated rings. The molecule has 162 valence electrons. The fourth-order valence-electron chi connectivity index (χ4n) is 3.71. The van der Waals surface area contributed by atoms with Crippen molar-refractivity contribution in [2.45, 2.75) is 19.9 Å². The molecule has 1 amide bonds. The number of ether oxygens (including phenoxy) is 1. The maximum Gasteiger partial charge on any atom is 0.254 e. The predicted molar refractivity (Wildman–Crippen MR) is 113 cm³/mol. The molecule has 0 N–H and O–H groups in total. The molecule has 1 saturated heterocycles. The van der Waals surface area contributed by atoms with E-state index in [-0.39, 0.29) is 17.8 Å². The van der Waals surface area contributed by atoms with E-state index in [1.807, 2.05) is 24.0 Å². The van der Waals surface area contributed by atoms with Crippen LogP contribution in [0.25, 0.3) is 11.4 Å². The van der Waals surface area contributed by atoms with Gasteiger partial charge >= 0.3 is 0 Å². The molecular formula is C23H25FN4O3. The standard InChI is InChI=1S/C23H25FN4O3/c1-15-13-17(7-8-20(15)24)21-25-22(31-26-21)16(2)27-9-11-28(12-10-27)23(29)18-5-4-6-19(14-18)30-3/h4-8,13-14,16H,9-12H2,1-3H3. The average molecular weight is 424 g/mol. The molecule has 31 heavy (non-hydrogen) atoms. The van der Waals surface area contributed by atoms with Crippen LogP contribution in [0.15, 0.2) is 47.0 Å². The maximum absolute atomic E-state index is 13.5. The van der Waals surface area contributed by atoms with Crippen LogP contribution in [0.2, 0.25) is 0 Å². The van der Waals surface area contributed by atoms with Crippen molar-refractivity contribution in [1.29, 1.82) is 0 Å². The molecule has 1 aliphatic heterocycles. The minimum absolute atomic E-state index is 0.00189. The number of nitrogens with zero attached hydrogens (tertiary/aromatic N) is 4. The zero-order valence-electron chi connectivity index (χ0n) is 17.8. The first-order chi connectivity index (χ1) is 15.0. The Morgan fingerprint density at radius 2 is 1.94 bits per heavy atom. The van der Waals surface area contributed by atoms with Gasteiger partial charge in [-0.3, -0.25) is 9.69 Å². The van der Waals surface area contributed by atoms with Crippen LogP contribution in [0, 0.1) is 12.7 Å². The van der Waals surface area contributed by atoms with Crippen LogP contribution in [-0.2, 0) is 0 Å². The highest BCUT2D eigenvalue weighted by Crippen LogP contribution is 2.25. The van der Waals surface area contributed by atoms with Gasteiger partial charge in [-0.25, -0.2) is 4.39 Å². The second kappa shape index (κ2) is 8.85. The number of methoxy groups -OCH3 is 1. The van der Waals surface area contributed by atoms with Crippen molar-refractivity contribution in [3.05, 3.63) is 65.3 Å². The number of aryl methyl sites for hydroxylation is 1. The molecule has 4 rings (SSSR count). The van der Waals surface area contributed by atoms with Crippen molar-refractivity contribution >= 4 is 5.91 Å². The number of benzene rings is 2. The average Bonchev–Trinajstić information content (AvgIpc) is 3.30. The van der Waals surface area contributed by atoms with Gasteiger partial charge < -0.3 is 14.2 Å². The van der Waals surface area contributed by atoms with Gasteiger partial charge in [0, 0.05) is 37.3 Å². The van der Waals surface area contributed by atoms with Crippen LogP contribution in [-0.4, -0.2) is 59.1 Å². The Hall–Kier alpha value is -3.26. The fraction of sp³-hybridized carbons (Fsp3) is 0.348. The van der Waals surface area contributed by atoms with E-state index in [0.717, 1.165) is 5.56 Å². The van der Waals surface area contributed by atoms with Crippen LogP contribution in [0.4, 0.5) is 4.39 Å². The van der Waals surface area contributed by atoms with Gasteiger partial charge in [0.2, 0.25) is 11.7 Å². The molecule has 2 aromatic carbocycles. The largest absolute Gasteiger partial charge is 0.497 e. The Morgan fingerprint density at radius 1 is 1.16 bits per heavy atom. The molecule has 0 spiro atoms. The van der Waals surface area contributed by atoms with Crippen molar-refractivity contribution in [1.82, 2.24) is 19.9 Å². The van der Waals surface area contributed by atoms with E-state index in [4.69, 9.17) is 9.26 Å². The van der Waals surface area contributed by atoms with Crippen LogP contribution >= 0.6 is 0 Å². The molecule has 7 nitrogen and oxygen atoms in total. The van der Waals surface area contributed by atoms with E-state index >= 15 is 0 Å². The van der Waals surface area contributed by atoms with E-state index in [2.05, 4.69) is 15.0 Å². The number of carbonyl (C=O) groups is 1. The zero-order chi connectivity index (χ0) is 22.0. The summed E-state index contributed by atoms with van der Waals surface area (Å²) in [5, 5.41) is 4.06. The monoisotopic (exact) mass is 424 g/mol. The van der Waals surface area contributed by atoms with Crippen molar-refractivity contribution in [3.8, 4) is 17.1 Å². The summed E-state index contributed by atoms with van der Waals surface area (Å²) in [4.78, 5) is 21.4. The Bertz CT molecular complexity index is 1080. The summed E-state index contributed by atoms with van der Waals surface area (Å²) < 4.78 is 24.2. The normalized spacial score (nSPS) is 15.7. The SMILES string of the molecule is COc1cccc(C(=O)N2CCN(C(C)c3nc(-c4ccc(F)c(C)c4)no3)CC2)c1. The lowest BCUT2D eigenvalue weighted by Gasteiger charge is -2.36. The smallest absolute Gasteiger partial charge is 0.254 e. The summed E-state index contributed by atoms with van der Waals surface area (Å²) in [7, 11) is 1.59. The molecule has 8 heteroatoms. The summed E-state index contributed by atoms with van der Waals surface area (Å²) in [6, 6.07) is 11.9. The van der Waals surface area contributed by atoms with Gasteiger partial charge in [-0.15, -0.1) is 0 Å². The van der Waals surface area contributed by atoms with E-state index < -0.39 is 0 Å². The molecule has 0 aliphatic carbocycles. The number of rotatable bonds is 5. The lowest BCUT2D eigenvalue weighted by atomic mass is 10.1. The fourth-order valence-corrected chi connectivity index (χ4v) is 3.71. The number of aromatic nitrogens is 2. The molecule has 3 aromatic rings. The van der Waals surface area contributed by atoms with Crippen LogP contribution < -0.4 is 4.74 Å². The van der Waals surface area contributed by atoms with E-state index in [9.17, 15) is 9.18 Å². The molecule has 1 aromatic heterocycles. The van der Waals surface area contributed by atoms with E-state index in [1.165, 1.54) is 6.07 Å². The minimum atomic E-state index is -0.262. The Kier molecular flexibility index (Phi) is 5.99. The Balaban J connectivity index is 1.39. The van der Waals surface area contributed by atoms with Crippen LogP contribution in [0.5, 0.6) is 5.75 Å². The highest BCUT2D eigenvalue weighted by Gasteiger charge is 2.28. The van der Waals surface area contributed by atoms with E-state index in [1.54, 1.807) is 38.3 Å². The molecule has 0 bridgehead atoms. The summed E-state index contributed by atoms with van der Waals surface area (Å²) in [6.07, 6.45) is 0. The van der Waals surface area contributed by atoms with Crippen molar-refractivity contribution in [2.75, 3.05) is 33.3 Å². The quantitative estimate of drug-likeness (QED) is 0.622. The first kappa shape index (κ1) is 21.0. The number of hydrogen-bond donors (Lipinski definition) is 0. The molecule has 1 atom stereocenters. The summed E-state index contributed by atoms with van der Waals surface area (Å²) in [5.74, 6) is 1.35. The summed E-state index contributed by atoms with van der Waals surface area (Å²) in [6.45, 7) is 6.33. The highest BCUT2D eigenvalue weighted by molar-refractivity contribution is 5.94. The van der Waals surface area contributed by atoms with Crippen molar-refractivity contribution in [3.63, 3.8) is 0 Å². The maximum atomic E-state index is 13.5. The zero-order valence-corrected chi connectivity index (χ0v) is 17.8. The first-order valence-electron chi connectivity index (χ1n) is 10.2. The van der Waals surface area contributed by atoms with Gasteiger partial charge in [0.1, 0.15) is 11.6 Å². The number of amides is 1. The second-order valence-electron chi connectivity index (χ2n) is 7.66. The summed E-state index contributed by atoms with van der Waals surface area (Å²) in [5.41, 5.74) is 1.88. The van der Waals surface area contributed by atoms with Crippen molar-refractivity contribution in [2.24, 2.45) is 0 Å². The lowest BCUT2D eigenvalue weighted by molar-refractivity contribution is 0.0551. The van der Waals surface area contributed by atoms with Gasteiger partial charge in [0.05, 0.1) is 13.2 Å². The number of halogens is 1. The van der Waals surface area contributed by atoms with Gasteiger partial charge in [-0.05, 0) is 55.8 Å². The van der Waals surface area contributed by atoms with Crippen molar-refractivity contribution < 1.29 is 18.4 Å². The molecule has 0 saturated carbocycles. The molecule has 1 unspecified atom stereocenters. The van der Waals surface area contributed by atoms with Gasteiger partial charge in [0.15, 0.2) is 0 Å². The highest BCUT2D eigenvalue weighted by atomic mass is 19.1. The van der Waals surface area contributed by atoms with Crippen LogP contribution in [0.3, 0.4) is 0 Å². The number of piperazine rings is 1. The predicted octanol–water partition coefficient (Wildman–Crippen LogP) is 3.71. The Labute approximate surface area is 180 Å². The molecule has 0 radical (unpaired) electrons. The number of carbonyl (C=O) groups excluding carboxylic acids is 1. The third kappa shape index (κ3) is 4.44. The third-order valence-electron chi connectivity index (χ3n) is 5.68. The third-order valence-corrected chi connectivity index (χ3v) is 5.68. The van der Waals surface area contributed by atoms with Crippen LogP contribution in [0.1, 0.15) is 34.8 Å². The minimum Gasteiger partial charge on any atom is -0.497 e. The second-order valence-corrected chi connectivity index (χ2v) is 7.66. The molecular weight excluding hydrogens is 399 g/mol. The topological polar surface area (TPSA) is 71.7 Å².